The molecular formula is C19H23ClN6. The van der Waals surface area contributed by atoms with E-state index in [-0.39, 0.29) is 0 Å². The predicted molar refractivity (Wildman–Crippen MR) is 101 cm³/mol. The van der Waals surface area contributed by atoms with Crippen LogP contribution in [0.1, 0.15) is 36.0 Å². The lowest BCUT2D eigenvalue weighted by molar-refractivity contribution is 0.195. The summed E-state index contributed by atoms with van der Waals surface area (Å²) in [5.74, 6) is 2.47. The minimum atomic E-state index is 0.421. The van der Waals surface area contributed by atoms with Gasteiger partial charge in [-0.05, 0) is 37.1 Å². The van der Waals surface area contributed by atoms with E-state index in [1.807, 2.05) is 29.2 Å². The van der Waals surface area contributed by atoms with Crippen LogP contribution in [0.4, 0.5) is 0 Å². The molecule has 6 nitrogen and oxygen atoms in total. The van der Waals surface area contributed by atoms with Gasteiger partial charge in [0.25, 0.3) is 0 Å². The zero-order valence-corrected chi connectivity index (χ0v) is 15.7. The maximum Gasteiger partial charge on any atom is 0.152 e. The Labute approximate surface area is 158 Å². The molecule has 0 aliphatic carbocycles. The third-order valence-corrected chi connectivity index (χ3v) is 5.32. The highest BCUT2D eigenvalue weighted by molar-refractivity contribution is 6.30. The van der Waals surface area contributed by atoms with Crippen LogP contribution in [0.2, 0.25) is 5.02 Å². The van der Waals surface area contributed by atoms with Crippen LogP contribution in [0.5, 0.6) is 0 Å². The predicted octanol–water partition coefficient (Wildman–Crippen LogP) is 3.09. The van der Waals surface area contributed by atoms with E-state index in [9.17, 15) is 0 Å². The van der Waals surface area contributed by atoms with Gasteiger partial charge in [0, 0.05) is 43.5 Å². The number of nitrogens with zero attached hydrogens (tertiary/aromatic N) is 6. The fourth-order valence-electron chi connectivity index (χ4n) is 3.67. The number of benzene rings is 1. The van der Waals surface area contributed by atoms with E-state index in [0.29, 0.717) is 12.5 Å². The smallest absolute Gasteiger partial charge is 0.152 e. The quantitative estimate of drug-likeness (QED) is 0.692. The van der Waals surface area contributed by atoms with Crippen LogP contribution in [0.25, 0.3) is 0 Å². The van der Waals surface area contributed by atoms with E-state index in [1.165, 1.54) is 12.0 Å². The largest absolute Gasteiger partial charge is 0.330 e. The highest BCUT2D eigenvalue weighted by Crippen LogP contribution is 2.27. The molecular weight excluding hydrogens is 348 g/mol. The Morgan fingerprint density at radius 1 is 1.15 bits per heavy atom. The Hall–Kier alpha value is -2.18. The van der Waals surface area contributed by atoms with Crippen molar-refractivity contribution < 1.29 is 0 Å². The molecule has 3 heterocycles. The van der Waals surface area contributed by atoms with Gasteiger partial charge in [0.2, 0.25) is 0 Å². The Kier molecular flexibility index (Phi) is 5.04. The lowest BCUT2D eigenvalue weighted by atomic mass is 9.96. The first-order valence-corrected chi connectivity index (χ1v) is 9.37. The van der Waals surface area contributed by atoms with Crippen molar-refractivity contribution in [2.75, 3.05) is 13.1 Å². The molecule has 0 saturated carbocycles. The summed E-state index contributed by atoms with van der Waals surface area (Å²) in [4.78, 5) is 6.59. The number of aromatic nitrogens is 5. The van der Waals surface area contributed by atoms with Crippen molar-refractivity contribution in [1.82, 2.24) is 29.2 Å². The van der Waals surface area contributed by atoms with Gasteiger partial charge in [-0.1, -0.05) is 23.7 Å². The SMILES string of the molecule is Cn1c(Cn2ccnc2)nnc1[C@H]1CCCN(Cc2ccc(Cl)cc2)C1. The standard InChI is InChI=1S/C19H23ClN6/c1-24-18(13-26-10-8-21-14-26)22-23-19(24)16-3-2-9-25(12-16)11-15-4-6-17(20)7-5-15/h4-8,10,14,16H,2-3,9,11-13H2,1H3/t16-/m0/s1. The second-order valence-electron chi connectivity index (χ2n) is 6.97. The highest BCUT2D eigenvalue weighted by Gasteiger charge is 2.26. The maximum atomic E-state index is 5.99. The molecule has 1 aliphatic heterocycles. The number of hydrogen-bond donors (Lipinski definition) is 0. The van der Waals surface area contributed by atoms with Gasteiger partial charge in [0.1, 0.15) is 5.82 Å². The molecule has 0 spiro atoms. The van der Waals surface area contributed by atoms with E-state index in [4.69, 9.17) is 11.6 Å². The van der Waals surface area contributed by atoms with Crippen molar-refractivity contribution in [2.45, 2.75) is 31.8 Å². The van der Waals surface area contributed by atoms with Gasteiger partial charge in [0.05, 0.1) is 12.9 Å². The van der Waals surface area contributed by atoms with E-state index in [2.05, 4.69) is 43.8 Å². The molecule has 3 aromatic rings. The number of imidazole rings is 1. The Morgan fingerprint density at radius 2 is 2.00 bits per heavy atom. The molecule has 2 aromatic heterocycles. The van der Waals surface area contributed by atoms with Crippen molar-refractivity contribution in [2.24, 2.45) is 7.05 Å². The summed E-state index contributed by atoms with van der Waals surface area (Å²) in [5.41, 5.74) is 1.30. The molecule has 0 N–H and O–H groups in total. The minimum Gasteiger partial charge on any atom is -0.330 e. The zero-order valence-electron chi connectivity index (χ0n) is 14.9. The average Bonchev–Trinajstić information content (AvgIpc) is 3.28. The molecule has 0 bridgehead atoms. The second kappa shape index (κ2) is 7.60. The lowest BCUT2D eigenvalue weighted by Crippen LogP contribution is -2.34. The summed E-state index contributed by atoms with van der Waals surface area (Å²) in [5, 5.41) is 9.71. The molecule has 0 amide bonds. The van der Waals surface area contributed by atoms with Gasteiger partial charge in [-0.2, -0.15) is 0 Å². The van der Waals surface area contributed by atoms with Crippen LogP contribution >= 0.6 is 11.6 Å². The first-order chi connectivity index (χ1) is 12.7. The molecule has 1 saturated heterocycles. The number of hydrogen-bond acceptors (Lipinski definition) is 4. The fraction of sp³-hybridized carbons (Fsp3) is 0.421. The van der Waals surface area contributed by atoms with Crippen molar-refractivity contribution in [3.63, 3.8) is 0 Å². The molecule has 1 fully saturated rings. The van der Waals surface area contributed by atoms with Crippen LogP contribution < -0.4 is 0 Å². The number of piperidine rings is 1. The van der Waals surface area contributed by atoms with E-state index in [0.717, 1.165) is 42.7 Å². The van der Waals surface area contributed by atoms with Crippen LogP contribution in [0.3, 0.4) is 0 Å². The van der Waals surface area contributed by atoms with Gasteiger partial charge >= 0.3 is 0 Å². The van der Waals surface area contributed by atoms with Gasteiger partial charge in [-0.3, -0.25) is 4.90 Å². The zero-order chi connectivity index (χ0) is 17.9. The van der Waals surface area contributed by atoms with E-state index in [1.54, 1.807) is 6.20 Å². The summed E-state index contributed by atoms with van der Waals surface area (Å²) in [6, 6.07) is 8.14. The number of rotatable bonds is 5. The number of halogens is 1. The van der Waals surface area contributed by atoms with Gasteiger partial charge in [0.15, 0.2) is 5.82 Å². The maximum absolute atomic E-state index is 5.99. The molecule has 136 valence electrons. The summed E-state index contributed by atoms with van der Waals surface area (Å²) in [6.45, 7) is 3.79. The van der Waals surface area contributed by atoms with Gasteiger partial charge < -0.3 is 9.13 Å². The van der Waals surface area contributed by atoms with Crippen molar-refractivity contribution in [3.05, 3.63) is 65.2 Å². The van der Waals surface area contributed by atoms with Crippen LogP contribution in [0.15, 0.2) is 43.0 Å². The van der Waals surface area contributed by atoms with Gasteiger partial charge in [-0.15, -0.1) is 10.2 Å². The monoisotopic (exact) mass is 370 g/mol. The third kappa shape index (κ3) is 3.81. The molecule has 0 radical (unpaired) electrons. The first-order valence-electron chi connectivity index (χ1n) is 9.00. The van der Waals surface area contributed by atoms with Crippen LogP contribution in [-0.2, 0) is 20.1 Å². The fourth-order valence-corrected chi connectivity index (χ4v) is 3.80. The lowest BCUT2D eigenvalue weighted by Gasteiger charge is -2.32. The Bertz CT molecular complexity index is 840. The van der Waals surface area contributed by atoms with E-state index >= 15 is 0 Å². The molecule has 7 heteroatoms. The highest BCUT2D eigenvalue weighted by atomic mass is 35.5. The topological polar surface area (TPSA) is 51.8 Å². The summed E-state index contributed by atoms with van der Waals surface area (Å²) < 4.78 is 4.16. The first kappa shape index (κ1) is 17.2. The average molecular weight is 371 g/mol. The molecule has 1 atom stereocenters. The van der Waals surface area contributed by atoms with E-state index < -0.39 is 0 Å². The Morgan fingerprint density at radius 3 is 2.77 bits per heavy atom. The third-order valence-electron chi connectivity index (χ3n) is 5.07. The van der Waals surface area contributed by atoms with Crippen LogP contribution in [-0.4, -0.2) is 42.3 Å². The molecule has 4 rings (SSSR count). The molecule has 1 aliphatic rings. The summed E-state index contributed by atoms with van der Waals surface area (Å²) in [6.07, 6.45) is 7.88. The minimum absolute atomic E-state index is 0.421. The molecule has 26 heavy (non-hydrogen) atoms. The molecule has 1 aromatic carbocycles. The number of likely N-dealkylation sites (tertiary alicyclic amines) is 1. The van der Waals surface area contributed by atoms with Crippen LogP contribution in [0, 0.1) is 0 Å². The normalized spacial score (nSPS) is 18.3. The van der Waals surface area contributed by atoms with Crippen molar-refractivity contribution in [3.8, 4) is 0 Å². The second-order valence-corrected chi connectivity index (χ2v) is 7.41. The van der Waals surface area contributed by atoms with Gasteiger partial charge in [-0.25, -0.2) is 4.98 Å². The van der Waals surface area contributed by atoms with Crippen molar-refractivity contribution in [1.29, 1.82) is 0 Å². The Balaban J connectivity index is 1.44. The summed E-state index contributed by atoms with van der Waals surface area (Å²) in [7, 11) is 2.07. The van der Waals surface area contributed by atoms with Crippen molar-refractivity contribution >= 4 is 11.6 Å². The molecule has 0 unspecified atom stereocenters. The summed E-state index contributed by atoms with van der Waals surface area (Å²) >= 11 is 5.99.